The highest BCUT2D eigenvalue weighted by molar-refractivity contribution is 5.48. The second kappa shape index (κ2) is 7.33. The van der Waals surface area contributed by atoms with E-state index >= 15 is 0 Å². The molecule has 23 heavy (non-hydrogen) atoms. The smallest absolute Gasteiger partial charge is 0.0887 e. The van der Waals surface area contributed by atoms with Crippen LogP contribution in [0.4, 0.5) is 5.69 Å². The molecule has 2 aromatic carbocycles. The molecule has 2 rings (SSSR count). The summed E-state index contributed by atoms with van der Waals surface area (Å²) in [5, 5.41) is 10.1. The summed E-state index contributed by atoms with van der Waals surface area (Å²) < 4.78 is 0. The number of hydrogen-bond acceptors (Lipinski definition) is 2. The second-order valence-corrected chi connectivity index (χ2v) is 6.25. The zero-order chi connectivity index (χ0) is 16.9. The van der Waals surface area contributed by atoms with Gasteiger partial charge >= 0.3 is 0 Å². The van der Waals surface area contributed by atoms with Crippen LogP contribution in [0.25, 0.3) is 0 Å². The lowest BCUT2D eigenvalue weighted by Crippen LogP contribution is -2.31. The van der Waals surface area contributed by atoms with E-state index in [4.69, 9.17) is 0 Å². The van der Waals surface area contributed by atoms with Crippen molar-refractivity contribution in [3.8, 4) is 6.07 Å². The van der Waals surface area contributed by atoms with Crippen molar-refractivity contribution in [2.45, 2.75) is 38.0 Å². The van der Waals surface area contributed by atoms with E-state index in [0.29, 0.717) is 0 Å². The van der Waals surface area contributed by atoms with E-state index < -0.39 is 5.41 Å². The molecule has 0 heterocycles. The van der Waals surface area contributed by atoms with Crippen molar-refractivity contribution in [2.75, 3.05) is 19.0 Å². The molecule has 120 valence electrons. The molecule has 0 N–H and O–H groups in total. The lowest BCUT2D eigenvalue weighted by atomic mass is 9.66. The fourth-order valence-corrected chi connectivity index (χ4v) is 3.48. The van der Waals surface area contributed by atoms with Crippen LogP contribution in [0.3, 0.4) is 0 Å². The maximum atomic E-state index is 10.1. The fourth-order valence-electron chi connectivity index (χ4n) is 3.48. The molecule has 2 aromatic rings. The summed E-state index contributed by atoms with van der Waals surface area (Å²) in [6, 6.07) is 21.5. The van der Waals surface area contributed by atoms with Crippen LogP contribution >= 0.6 is 0 Å². The zero-order valence-corrected chi connectivity index (χ0v) is 14.6. The third-order valence-electron chi connectivity index (χ3n) is 4.86. The normalized spacial score (nSPS) is 14.6. The van der Waals surface area contributed by atoms with Gasteiger partial charge in [-0.15, -0.1) is 0 Å². The molecule has 0 radical (unpaired) electrons. The average molecular weight is 306 g/mol. The van der Waals surface area contributed by atoms with Crippen molar-refractivity contribution < 1.29 is 0 Å². The van der Waals surface area contributed by atoms with Gasteiger partial charge in [0.05, 0.1) is 11.5 Å². The van der Waals surface area contributed by atoms with Crippen LogP contribution in [0.1, 0.15) is 43.7 Å². The van der Waals surface area contributed by atoms with Crippen LogP contribution in [0.15, 0.2) is 54.6 Å². The first kappa shape index (κ1) is 17.1. The molecular weight excluding hydrogens is 280 g/mol. The Bertz CT molecular complexity index is 652. The van der Waals surface area contributed by atoms with E-state index in [2.05, 4.69) is 61.2 Å². The summed E-state index contributed by atoms with van der Waals surface area (Å²) in [7, 11) is 4.09. The lowest BCUT2D eigenvalue weighted by Gasteiger charge is -2.35. The Morgan fingerprint density at radius 1 is 1.00 bits per heavy atom. The van der Waals surface area contributed by atoms with E-state index in [0.717, 1.165) is 18.4 Å². The summed E-state index contributed by atoms with van der Waals surface area (Å²) in [6.45, 7) is 4.29. The van der Waals surface area contributed by atoms with Gasteiger partial charge in [0.15, 0.2) is 0 Å². The minimum absolute atomic E-state index is 0.191. The van der Waals surface area contributed by atoms with E-state index in [1.807, 2.05) is 32.3 Å². The molecular formula is C21H26N2. The van der Waals surface area contributed by atoms with Crippen LogP contribution in [0.5, 0.6) is 0 Å². The maximum Gasteiger partial charge on any atom is 0.0887 e. The van der Waals surface area contributed by atoms with Crippen LogP contribution in [-0.2, 0) is 5.41 Å². The van der Waals surface area contributed by atoms with Crippen LogP contribution in [0, 0.1) is 11.3 Å². The van der Waals surface area contributed by atoms with Gasteiger partial charge < -0.3 is 4.90 Å². The molecule has 0 fully saturated rings. The Morgan fingerprint density at radius 3 is 2.04 bits per heavy atom. The van der Waals surface area contributed by atoms with E-state index in [9.17, 15) is 5.26 Å². The van der Waals surface area contributed by atoms with Gasteiger partial charge in [-0.25, -0.2) is 0 Å². The number of rotatable bonds is 6. The fraction of sp³-hybridized carbons (Fsp3) is 0.381. The third-order valence-corrected chi connectivity index (χ3v) is 4.86. The van der Waals surface area contributed by atoms with E-state index in [1.165, 1.54) is 11.3 Å². The topological polar surface area (TPSA) is 27.0 Å². The van der Waals surface area contributed by atoms with Gasteiger partial charge in [0.2, 0.25) is 0 Å². The predicted molar refractivity (Wildman–Crippen MR) is 97.8 cm³/mol. The molecule has 0 unspecified atom stereocenters. The largest absolute Gasteiger partial charge is 0.378 e. The SMILES string of the molecule is CC[C@@H](c1ccc(N(C)C)cc1)[C@@](C#N)(CC)c1ccccc1. The Kier molecular flexibility index (Phi) is 5.45. The van der Waals surface area contributed by atoms with Gasteiger partial charge in [-0.2, -0.15) is 5.26 Å². The van der Waals surface area contributed by atoms with Crippen molar-refractivity contribution in [1.82, 2.24) is 0 Å². The molecule has 0 saturated heterocycles. The third kappa shape index (κ3) is 3.24. The van der Waals surface area contributed by atoms with Crippen LogP contribution in [-0.4, -0.2) is 14.1 Å². The van der Waals surface area contributed by atoms with Crippen LogP contribution in [0.2, 0.25) is 0 Å². The molecule has 0 aliphatic heterocycles. The van der Waals surface area contributed by atoms with Gasteiger partial charge in [-0.05, 0) is 36.1 Å². The minimum atomic E-state index is -0.477. The summed E-state index contributed by atoms with van der Waals surface area (Å²) >= 11 is 0. The summed E-state index contributed by atoms with van der Waals surface area (Å²) in [4.78, 5) is 2.10. The number of benzene rings is 2. The molecule has 0 saturated carbocycles. The quantitative estimate of drug-likeness (QED) is 0.741. The Morgan fingerprint density at radius 2 is 1.61 bits per heavy atom. The number of hydrogen-bond donors (Lipinski definition) is 0. The summed E-state index contributed by atoms with van der Waals surface area (Å²) in [5.41, 5.74) is 3.07. The average Bonchev–Trinajstić information content (AvgIpc) is 2.60. The monoisotopic (exact) mass is 306 g/mol. The van der Waals surface area contributed by atoms with Crippen molar-refractivity contribution in [1.29, 1.82) is 5.26 Å². The predicted octanol–water partition coefficient (Wildman–Crippen LogP) is 5.12. The van der Waals surface area contributed by atoms with Crippen molar-refractivity contribution in [3.63, 3.8) is 0 Å². The molecule has 0 aromatic heterocycles. The molecule has 0 spiro atoms. The second-order valence-electron chi connectivity index (χ2n) is 6.25. The Balaban J connectivity index is 2.49. The number of anilines is 1. The van der Waals surface area contributed by atoms with Gasteiger partial charge in [-0.1, -0.05) is 56.3 Å². The molecule has 2 atom stereocenters. The minimum Gasteiger partial charge on any atom is -0.378 e. The maximum absolute atomic E-state index is 10.1. The highest BCUT2D eigenvalue weighted by Gasteiger charge is 2.39. The van der Waals surface area contributed by atoms with Crippen LogP contribution < -0.4 is 4.90 Å². The highest BCUT2D eigenvalue weighted by atomic mass is 15.1. The summed E-state index contributed by atoms with van der Waals surface area (Å²) in [5.74, 6) is 0.191. The lowest BCUT2D eigenvalue weighted by molar-refractivity contribution is 0.410. The number of nitriles is 1. The Labute approximate surface area is 140 Å². The van der Waals surface area contributed by atoms with Crippen molar-refractivity contribution in [3.05, 3.63) is 65.7 Å². The van der Waals surface area contributed by atoms with E-state index in [1.54, 1.807) is 0 Å². The standard InChI is InChI=1S/C21H26N2/c1-5-20(17-12-14-19(15-13-17)23(3)4)21(6-2,16-22)18-10-8-7-9-11-18/h7-15,20H,5-6H2,1-4H3/t20-,21+/m0/s1. The molecule has 0 aliphatic carbocycles. The first-order valence-electron chi connectivity index (χ1n) is 8.33. The summed E-state index contributed by atoms with van der Waals surface area (Å²) in [6.07, 6.45) is 1.75. The Hall–Kier alpha value is -2.27. The molecule has 0 amide bonds. The van der Waals surface area contributed by atoms with Gasteiger partial charge in [-0.3, -0.25) is 0 Å². The van der Waals surface area contributed by atoms with Gasteiger partial charge in [0.25, 0.3) is 0 Å². The van der Waals surface area contributed by atoms with E-state index in [-0.39, 0.29) is 5.92 Å². The molecule has 0 aliphatic rings. The molecule has 2 nitrogen and oxygen atoms in total. The van der Waals surface area contributed by atoms with Gasteiger partial charge in [0.1, 0.15) is 0 Å². The number of nitrogens with zero attached hydrogens (tertiary/aromatic N) is 2. The van der Waals surface area contributed by atoms with Crippen molar-refractivity contribution in [2.24, 2.45) is 0 Å². The van der Waals surface area contributed by atoms with Crippen molar-refractivity contribution >= 4 is 5.69 Å². The van der Waals surface area contributed by atoms with Gasteiger partial charge in [0, 0.05) is 25.7 Å². The molecule has 0 bridgehead atoms. The molecule has 2 heteroatoms. The first-order valence-corrected chi connectivity index (χ1v) is 8.33. The highest BCUT2D eigenvalue weighted by Crippen LogP contribution is 2.43. The first-order chi connectivity index (χ1) is 11.1. The zero-order valence-electron chi connectivity index (χ0n) is 14.6.